The molecule has 1 aliphatic carbocycles. The fraction of sp³-hybridized carbons (Fsp3) is 0.333. The molecular formula is C21H24N4O2. The zero-order chi connectivity index (χ0) is 18.6. The van der Waals surface area contributed by atoms with Gasteiger partial charge in [0.2, 0.25) is 0 Å². The van der Waals surface area contributed by atoms with Crippen LogP contribution in [0.2, 0.25) is 0 Å². The van der Waals surface area contributed by atoms with E-state index in [1.54, 1.807) is 7.11 Å². The first-order valence-electron chi connectivity index (χ1n) is 9.34. The van der Waals surface area contributed by atoms with E-state index in [9.17, 15) is 4.79 Å². The molecule has 0 bridgehead atoms. The molecule has 6 nitrogen and oxygen atoms in total. The summed E-state index contributed by atoms with van der Waals surface area (Å²) < 4.78 is 5.00. The van der Waals surface area contributed by atoms with Crippen LogP contribution < -0.4 is 10.6 Å². The summed E-state index contributed by atoms with van der Waals surface area (Å²) in [5.41, 5.74) is 3.55. The van der Waals surface area contributed by atoms with Crippen molar-refractivity contribution < 1.29 is 9.53 Å². The van der Waals surface area contributed by atoms with Crippen molar-refractivity contribution in [2.75, 3.05) is 32.1 Å². The van der Waals surface area contributed by atoms with Gasteiger partial charge in [0.1, 0.15) is 5.82 Å². The average molecular weight is 364 g/mol. The van der Waals surface area contributed by atoms with Crippen molar-refractivity contribution >= 4 is 22.6 Å². The third-order valence-electron chi connectivity index (χ3n) is 4.84. The van der Waals surface area contributed by atoms with Crippen LogP contribution in [0, 0.1) is 5.92 Å². The van der Waals surface area contributed by atoms with E-state index in [2.05, 4.69) is 27.8 Å². The van der Waals surface area contributed by atoms with Crippen LogP contribution >= 0.6 is 0 Å². The molecule has 0 saturated heterocycles. The lowest BCUT2D eigenvalue weighted by molar-refractivity contribution is 0.0937. The number of pyridine rings is 1. The molecule has 3 aromatic rings. The molecule has 1 saturated carbocycles. The van der Waals surface area contributed by atoms with Crippen molar-refractivity contribution in [2.24, 2.45) is 5.92 Å². The molecule has 0 aliphatic heterocycles. The molecule has 0 unspecified atom stereocenters. The maximum atomic E-state index is 12.5. The molecular weight excluding hydrogens is 340 g/mol. The number of ether oxygens (including phenoxy) is 1. The monoisotopic (exact) mass is 364 g/mol. The summed E-state index contributed by atoms with van der Waals surface area (Å²) in [5.74, 6) is 1.20. The molecule has 1 amide bonds. The van der Waals surface area contributed by atoms with E-state index in [4.69, 9.17) is 9.72 Å². The molecule has 2 aromatic heterocycles. The topological polar surface area (TPSA) is 79.0 Å². The molecule has 4 rings (SSSR count). The fourth-order valence-electron chi connectivity index (χ4n) is 3.08. The number of hydrogen-bond donors (Lipinski definition) is 3. The second kappa shape index (κ2) is 7.80. The van der Waals surface area contributed by atoms with E-state index in [0.717, 1.165) is 28.7 Å². The Hall–Kier alpha value is -2.86. The Morgan fingerprint density at radius 1 is 1.26 bits per heavy atom. The van der Waals surface area contributed by atoms with E-state index in [0.29, 0.717) is 30.5 Å². The summed E-state index contributed by atoms with van der Waals surface area (Å²) in [4.78, 5) is 20.5. The van der Waals surface area contributed by atoms with Gasteiger partial charge >= 0.3 is 0 Å². The first-order valence-corrected chi connectivity index (χ1v) is 9.34. The normalized spacial score (nSPS) is 13.7. The van der Waals surface area contributed by atoms with Crippen molar-refractivity contribution in [3.05, 3.63) is 48.2 Å². The number of anilines is 1. The first kappa shape index (κ1) is 17.5. The highest BCUT2D eigenvalue weighted by atomic mass is 16.5. The van der Waals surface area contributed by atoms with Gasteiger partial charge in [-0.25, -0.2) is 4.98 Å². The lowest BCUT2D eigenvalue weighted by atomic mass is 10.1. The van der Waals surface area contributed by atoms with Crippen molar-refractivity contribution in [3.63, 3.8) is 0 Å². The third-order valence-corrected chi connectivity index (χ3v) is 4.84. The van der Waals surface area contributed by atoms with Gasteiger partial charge in [-0.2, -0.15) is 0 Å². The molecule has 0 atom stereocenters. The molecule has 1 aromatic carbocycles. The Kier molecular flexibility index (Phi) is 5.07. The molecule has 140 valence electrons. The number of aromatic amines is 1. The van der Waals surface area contributed by atoms with E-state index in [1.807, 2.05) is 30.5 Å². The third kappa shape index (κ3) is 4.11. The van der Waals surface area contributed by atoms with Crippen LogP contribution in [0.15, 0.2) is 42.6 Å². The highest BCUT2D eigenvalue weighted by Gasteiger charge is 2.22. The second-order valence-electron chi connectivity index (χ2n) is 6.95. The largest absolute Gasteiger partial charge is 0.383 e. The summed E-state index contributed by atoms with van der Waals surface area (Å²) in [6, 6.07) is 12.0. The Morgan fingerprint density at radius 3 is 2.96 bits per heavy atom. The average Bonchev–Trinajstić information content (AvgIpc) is 3.40. The molecule has 2 heterocycles. The van der Waals surface area contributed by atoms with Gasteiger partial charge in [0.15, 0.2) is 0 Å². The Labute approximate surface area is 158 Å². The summed E-state index contributed by atoms with van der Waals surface area (Å²) in [6.07, 6.45) is 4.41. The number of carbonyl (C=O) groups is 1. The number of hydrogen-bond acceptors (Lipinski definition) is 4. The van der Waals surface area contributed by atoms with Gasteiger partial charge in [-0.3, -0.25) is 4.79 Å². The van der Waals surface area contributed by atoms with Gasteiger partial charge in [0.25, 0.3) is 5.91 Å². The number of methoxy groups -OCH3 is 1. The van der Waals surface area contributed by atoms with Crippen molar-refractivity contribution in [2.45, 2.75) is 12.8 Å². The second-order valence-corrected chi connectivity index (χ2v) is 6.95. The smallest absolute Gasteiger partial charge is 0.255 e. The Morgan fingerprint density at radius 2 is 2.15 bits per heavy atom. The lowest BCUT2D eigenvalue weighted by Crippen LogP contribution is -2.28. The van der Waals surface area contributed by atoms with Gasteiger partial charge in [-0.05, 0) is 49.1 Å². The summed E-state index contributed by atoms with van der Waals surface area (Å²) in [6.45, 7) is 1.81. The van der Waals surface area contributed by atoms with Crippen LogP contribution in [0.5, 0.6) is 0 Å². The number of nitrogens with zero attached hydrogens (tertiary/aromatic N) is 1. The summed E-state index contributed by atoms with van der Waals surface area (Å²) in [7, 11) is 1.62. The van der Waals surface area contributed by atoms with Gasteiger partial charge in [0, 0.05) is 42.9 Å². The minimum atomic E-state index is -0.134. The summed E-state index contributed by atoms with van der Waals surface area (Å²) >= 11 is 0. The van der Waals surface area contributed by atoms with Crippen LogP contribution in [-0.4, -0.2) is 42.7 Å². The van der Waals surface area contributed by atoms with E-state index < -0.39 is 0 Å². The SMILES string of the molecule is COCCNC(=O)c1ccc(-c2ccc3[nH]ccc3c2)nc1NCC1CC1. The maximum absolute atomic E-state index is 12.5. The molecule has 0 spiro atoms. The quantitative estimate of drug-likeness (QED) is 0.535. The van der Waals surface area contributed by atoms with E-state index in [1.165, 1.54) is 12.8 Å². The molecule has 1 fully saturated rings. The standard InChI is InChI=1S/C21H24N4O2/c1-27-11-10-23-21(26)17-5-7-19(25-20(17)24-13-14-2-3-14)15-4-6-18-16(12-15)8-9-22-18/h4-9,12,14,22H,2-3,10-11,13H2,1H3,(H,23,26)(H,24,25). The number of rotatable bonds is 8. The number of fused-ring (bicyclic) bond motifs is 1. The lowest BCUT2D eigenvalue weighted by Gasteiger charge is -2.13. The van der Waals surface area contributed by atoms with E-state index >= 15 is 0 Å². The fourth-order valence-corrected chi connectivity index (χ4v) is 3.08. The van der Waals surface area contributed by atoms with Gasteiger partial charge in [-0.1, -0.05) is 6.07 Å². The predicted molar refractivity (Wildman–Crippen MR) is 107 cm³/mol. The van der Waals surface area contributed by atoms with Crippen LogP contribution in [0.3, 0.4) is 0 Å². The predicted octanol–water partition coefficient (Wildman–Crippen LogP) is 3.43. The minimum absolute atomic E-state index is 0.134. The molecule has 6 heteroatoms. The van der Waals surface area contributed by atoms with Crippen LogP contribution in [-0.2, 0) is 4.74 Å². The number of benzene rings is 1. The van der Waals surface area contributed by atoms with Crippen LogP contribution in [0.1, 0.15) is 23.2 Å². The number of H-pyrrole nitrogens is 1. The minimum Gasteiger partial charge on any atom is -0.383 e. The van der Waals surface area contributed by atoms with Gasteiger partial charge in [-0.15, -0.1) is 0 Å². The zero-order valence-electron chi connectivity index (χ0n) is 15.4. The highest BCUT2D eigenvalue weighted by Crippen LogP contribution is 2.30. The van der Waals surface area contributed by atoms with Gasteiger partial charge < -0.3 is 20.4 Å². The number of nitrogens with one attached hydrogen (secondary N) is 3. The van der Waals surface area contributed by atoms with Crippen LogP contribution in [0.25, 0.3) is 22.2 Å². The molecule has 0 radical (unpaired) electrons. The number of aromatic nitrogens is 2. The molecule has 27 heavy (non-hydrogen) atoms. The first-order chi connectivity index (χ1) is 13.2. The van der Waals surface area contributed by atoms with Crippen molar-refractivity contribution in [3.8, 4) is 11.3 Å². The van der Waals surface area contributed by atoms with Gasteiger partial charge in [0.05, 0.1) is 17.9 Å². The number of amides is 1. The highest BCUT2D eigenvalue weighted by molar-refractivity contribution is 5.99. The Balaban J connectivity index is 1.62. The van der Waals surface area contributed by atoms with Crippen molar-refractivity contribution in [1.82, 2.24) is 15.3 Å². The number of carbonyl (C=O) groups excluding carboxylic acids is 1. The Bertz CT molecular complexity index is 946. The zero-order valence-corrected chi connectivity index (χ0v) is 15.4. The molecule has 1 aliphatic rings. The van der Waals surface area contributed by atoms with Crippen molar-refractivity contribution in [1.29, 1.82) is 0 Å². The maximum Gasteiger partial charge on any atom is 0.255 e. The van der Waals surface area contributed by atoms with E-state index in [-0.39, 0.29) is 5.91 Å². The van der Waals surface area contributed by atoms with Crippen LogP contribution in [0.4, 0.5) is 5.82 Å². The summed E-state index contributed by atoms with van der Waals surface area (Å²) in [5, 5.41) is 7.40. The molecule has 3 N–H and O–H groups in total.